The maximum atomic E-state index is 10.6. The van der Waals surface area contributed by atoms with Gasteiger partial charge in [0, 0.05) is 11.8 Å². The van der Waals surface area contributed by atoms with Crippen LogP contribution in [-0.4, -0.2) is 23.4 Å². The molecule has 0 saturated heterocycles. The molecule has 0 aliphatic carbocycles. The lowest BCUT2D eigenvalue weighted by Crippen LogP contribution is -1.94. The van der Waals surface area contributed by atoms with Gasteiger partial charge in [-0.1, -0.05) is 0 Å². The molecule has 0 spiro atoms. The zero-order chi connectivity index (χ0) is 12.3. The van der Waals surface area contributed by atoms with Crippen molar-refractivity contribution in [3.63, 3.8) is 0 Å². The molecular weight excluding hydrogens is 284 g/mol. The van der Waals surface area contributed by atoms with Crippen LogP contribution in [0.2, 0.25) is 0 Å². The fraction of sp³-hybridized carbons (Fsp3) is 0.0833. The molecule has 1 heterocycles. The Balaban J connectivity index is 2.45. The average molecular weight is 293 g/mol. The van der Waals surface area contributed by atoms with E-state index in [1.165, 1.54) is 0 Å². The lowest BCUT2D eigenvalue weighted by Gasteiger charge is -2.05. The van der Waals surface area contributed by atoms with Gasteiger partial charge in [0.05, 0.1) is 17.3 Å². The van der Waals surface area contributed by atoms with Gasteiger partial charge in [0.25, 0.3) is 0 Å². The van der Waals surface area contributed by atoms with E-state index in [-0.39, 0.29) is 5.82 Å². The summed E-state index contributed by atoms with van der Waals surface area (Å²) < 4.78 is 5.98. The van der Waals surface area contributed by atoms with Crippen LogP contribution in [0, 0.1) is 0 Å². The first-order valence-corrected chi connectivity index (χ1v) is 5.66. The molecule has 2 rings (SSSR count). The molecule has 1 aromatic heterocycles. The topological polar surface area (TPSA) is 52.1 Å². The van der Waals surface area contributed by atoms with Crippen LogP contribution in [-0.2, 0) is 0 Å². The number of carbonyl (C=O) groups excluding carboxylic acids is 1. The quantitative estimate of drug-likeness (QED) is 0.816. The van der Waals surface area contributed by atoms with Gasteiger partial charge in [0.2, 0.25) is 0 Å². The number of aromatic nitrogens is 2. The van der Waals surface area contributed by atoms with E-state index in [1.54, 1.807) is 19.4 Å². The number of halogens is 1. The van der Waals surface area contributed by atoms with Crippen molar-refractivity contribution < 1.29 is 9.53 Å². The van der Waals surface area contributed by atoms with E-state index in [0.29, 0.717) is 12.0 Å². The lowest BCUT2D eigenvalue weighted by atomic mass is 10.1. The van der Waals surface area contributed by atoms with Gasteiger partial charge >= 0.3 is 0 Å². The van der Waals surface area contributed by atoms with Crippen molar-refractivity contribution in [1.29, 1.82) is 0 Å². The number of aldehydes is 1. The van der Waals surface area contributed by atoms with Gasteiger partial charge in [-0.2, -0.15) is 0 Å². The van der Waals surface area contributed by atoms with Crippen LogP contribution in [0.25, 0.3) is 11.3 Å². The molecule has 0 aliphatic heterocycles. The van der Waals surface area contributed by atoms with E-state index in [1.807, 2.05) is 18.2 Å². The number of rotatable bonds is 3. The Morgan fingerprint density at radius 3 is 2.82 bits per heavy atom. The smallest absolute Gasteiger partial charge is 0.193 e. The van der Waals surface area contributed by atoms with Gasteiger partial charge in [-0.3, -0.25) is 4.79 Å². The monoisotopic (exact) mass is 292 g/mol. The summed E-state index contributed by atoms with van der Waals surface area (Å²) in [6, 6.07) is 7.35. The molecule has 1 aromatic carbocycles. The summed E-state index contributed by atoms with van der Waals surface area (Å²) in [5.41, 5.74) is 1.59. The number of carbonyl (C=O) groups is 1. The van der Waals surface area contributed by atoms with E-state index in [2.05, 4.69) is 25.9 Å². The fourth-order valence-electron chi connectivity index (χ4n) is 1.42. The standard InChI is InChI=1S/C12H9BrN2O2/c1-17-11-3-2-8(6-9(11)13)10-4-5-14-12(7-16)15-10/h2-7H,1H3. The summed E-state index contributed by atoms with van der Waals surface area (Å²) in [5.74, 6) is 0.924. The zero-order valence-electron chi connectivity index (χ0n) is 9.05. The second-order valence-electron chi connectivity index (χ2n) is 3.27. The van der Waals surface area contributed by atoms with Crippen LogP contribution >= 0.6 is 15.9 Å². The van der Waals surface area contributed by atoms with Crippen LogP contribution in [0.5, 0.6) is 5.75 Å². The van der Waals surface area contributed by atoms with Gasteiger partial charge < -0.3 is 4.74 Å². The first kappa shape index (κ1) is 11.7. The van der Waals surface area contributed by atoms with E-state index < -0.39 is 0 Å². The lowest BCUT2D eigenvalue weighted by molar-refractivity contribution is 0.111. The number of benzene rings is 1. The van der Waals surface area contributed by atoms with E-state index >= 15 is 0 Å². The van der Waals surface area contributed by atoms with E-state index in [0.717, 1.165) is 15.8 Å². The summed E-state index contributed by atoms with van der Waals surface area (Å²) in [4.78, 5) is 18.5. The minimum atomic E-state index is 0.175. The van der Waals surface area contributed by atoms with Crippen molar-refractivity contribution in [1.82, 2.24) is 9.97 Å². The second-order valence-corrected chi connectivity index (χ2v) is 4.12. The second kappa shape index (κ2) is 5.05. The van der Waals surface area contributed by atoms with Crippen LogP contribution in [0.15, 0.2) is 34.9 Å². The summed E-state index contributed by atoms with van der Waals surface area (Å²) in [6.07, 6.45) is 2.19. The first-order chi connectivity index (χ1) is 8.24. The molecule has 86 valence electrons. The highest BCUT2D eigenvalue weighted by molar-refractivity contribution is 9.10. The highest BCUT2D eigenvalue weighted by Gasteiger charge is 2.05. The van der Waals surface area contributed by atoms with E-state index in [4.69, 9.17) is 4.74 Å². The number of hydrogen-bond donors (Lipinski definition) is 0. The number of hydrogen-bond acceptors (Lipinski definition) is 4. The predicted octanol–water partition coefficient (Wildman–Crippen LogP) is 2.73. The minimum absolute atomic E-state index is 0.175. The summed E-state index contributed by atoms with van der Waals surface area (Å²) in [5, 5.41) is 0. The molecule has 0 N–H and O–H groups in total. The molecule has 0 aliphatic rings. The van der Waals surface area contributed by atoms with Crippen molar-refractivity contribution in [2.75, 3.05) is 7.11 Å². The third-order valence-corrected chi connectivity index (χ3v) is 2.85. The highest BCUT2D eigenvalue weighted by atomic mass is 79.9. The number of nitrogens with zero attached hydrogens (tertiary/aromatic N) is 2. The van der Waals surface area contributed by atoms with Crippen LogP contribution in [0.4, 0.5) is 0 Å². The molecule has 0 unspecified atom stereocenters. The Labute approximate surface area is 107 Å². The Kier molecular flexibility index (Phi) is 3.49. The molecule has 2 aromatic rings. The molecular formula is C12H9BrN2O2. The van der Waals surface area contributed by atoms with Crippen LogP contribution in [0.3, 0.4) is 0 Å². The van der Waals surface area contributed by atoms with Crippen LogP contribution < -0.4 is 4.74 Å². The van der Waals surface area contributed by atoms with Crippen molar-refractivity contribution in [3.8, 4) is 17.0 Å². The molecule has 0 atom stereocenters. The predicted molar refractivity (Wildman–Crippen MR) is 67.1 cm³/mol. The Morgan fingerprint density at radius 2 is 2.18 bits per heavy atom. The largest absolute Gasteiger partial charge is 0.496 e. The van der Waals surface area contributed by atoms with E-state index in [9.17, 15) is 4.79 Å². The fourth-order valence-corrected chi connectivity index (χ4v) is 1.96. The zero-order valence-corrected chi connectivity index (χ0v) is 10.6. The summed E-state index contributed by atoms with van der Waals surface area (Å²) >= 11 is 3.40. The van der Waals surface area contributed by atoms with Gasteiger partial charge in [-0.15, -0.1) is 0 Å². The first-order valence-electron chi connectivity index (χ1n) is 4.86. The molecule has 0 radical (unpaired) electrons. The number of ether oxygens (including phenoxy) is 1. The van der Waals surface area contributed by atoms with Gasteiger partial charge in [0.15, 0.2) is 12.1 Å². The summed E-state index contributed by atoms with van der Waals surface area (Å²) in [6.45, 7) is 0. The average Bonchev–Trinajstić information content (AvgIpc) is 2.38. The van der Waals surface area contributed by atoms with Crippen molar-refractivity contribution in [2.45, 2.75) is 0 Å². The van der Waals surface area contributed by atoms with Crippen molar-refractivity contribution >= 4 is 22.2 Å². The van der Waals surface area contributed by atoms with Crippen LogP contribution in [0.1, 0.15) is 10.6 Å². The van der Waals surface area contributed by atoms with Gasteiger partial charge in [-0.25, -0.2) is 9.97 Å². The Hall–Kier alpha value is -1.75. The molecule has 0 amide bonds. The molecule has 0 fully saturated rings. The Morgan fingerprint density at radius 1 is 1.35 bits per heavy atom. The minimum Gasteiger partial charge on any atom is -0.496 e. The van der Waals surface area contributed by atoms with Crippen molar-refractivity contribution in [2.24, 2.45) is 0 Å². The molecule has 5 heteroatoms. The van der Waals surface area contributed by atoms with Gasteiger partial charge in [0.1, 0.15) is 5.75 Å². The molecule has 0 bridgehead atoms. The third-order valence-electron chi connectivity index (χ3n) is 2.23. The maximum absolute atomic E-state index is 10.6. The third kappa shape index (κ3) is 2.50. The maximum Gasteiger partial charge on any atom is 0.193 e. The SMILES string of the molecule is COc1ccc(-c2ccnc(C=O)n2)cc1Br. The number of methoxy groups -OCH3 is 1. The molecule has 0 saturated carbocycles. The van der Waals surface area contributed by atoms with Gasteiger partial charge in [-0.05, 0) is 40.2 Å². The summed E-state index contributed by atoms with van der Waals surface area (Å²) in [7, 11) is 1.61. The highest BCUT2D eigenvalue weighted by Crippen LogP contribution is 2.29. The normalized spacial score (nSPS) is 10.0. The molecule has 4 nitrogen and oxygen atoms in total. The Bertz CT molecular complexity index is 558. The molecule has 17 heavy (non-hydrogen) atoms. The van der Waals surface area contributed by atoms with Crippen molar-refractivity contribution in [3.05, 3.63) is 40.8 Å².